The summed E-state index contributed by atoms with van der Waals surface area (Å²) in [5, 5.41) is -0.168. The van der Waals surface area contributed by atoms with E-state index in [-0.39, 0.29) is 11.5 Å². The van der Waals surface area contributed by atoms with Crippen molar-refractivity contribution in [2.75, 3.05) is 6.54 Å². The Hall–Kier alpha value is -2.06. The number of hydrogen-bond donors (Lipinski definition) is 3. The fourth-order valence-corrected chi connectivity index (χ4v) is 2.96. The summed E-state index contributed by atoms with van der Waals surface area (Å²) in [4.78, 5) is 36.1. The number of hydrazine groups is 1. The fourth-order valence-electron chi connectivity index (χ4n) is 2.59. The number of carbonyl (C=O) groups excluding carboxylic acids is 3. The summed E-state index contributed by atoms with van der Waals surface area (Å²) in [5.41, 5.74) is 3.98. The van der Waals surface area contributed by atoms with E-state index in [0.29, 0.717) is 11.3 Å². The molecule has 25 heavy (non-hydrogen) atoms. The third-order valence-corrected chi connectivity index (χ3v) is 4.04. The Labute approximate surface area is 141 Å². The second kappa shape index (κ2) is 6.68. The first kappa shape index (κ1) is 19.3. The van der Waals surface area contributed by atoms with E-state index in [0.717, 1.165) is 0 Å². The van der Waals surface area contributed by atoms with Crippen molar-refractivity contribution in [2.45, 2.75) is 44.2 Å². The van der Waals surface area contributed by atoms with Crippen LogP contribution >= 0.6 is 0 Å². The molecule has 0 aromatic rings. The average Bonchev–Trinajstić information content (AvgIpc) is 2.75. The lowest BCUT2D eigenvalue weighted by Crippen LogP contribution is -2.58. The lowest BCUT2D eigenvalue weighted by molar-refractivity contribution is -0.154. The maximum absolute atomic E-state index is 14.2. The minimum Gasteiger partial charge on any atom is -0.308 e. The number of fused-ring (bicyclic) bond motifs is 2. The van der Waals surface area contributed by atoms with Crippen molar-refractivity contribution >= 4 is 28.2 Å². The summed E-state index contributed by atoms with van der Waals surface area (Å²) in [6.45, 7) is 1.03. The second-order valence-corrected chi connectivity index (χ2v) is 6.55. The molecule has 3 N–H and O–H groups in total. The smallest absolute Gasteiger partial charge is 0.308 e. The summed E-state index contributed by atoms with van der Waals surface area (Å²) in [5.74, 6) is -5.27. The fraction of sp³-hybridized carbons (Fsp3) is 0.727. The van der Waals surface area contributed by atoms with Gasteiger partial charge in [0.2, 0.25) is 5.91 Å². The molecule has 0 spiro atoms. The molecule has 0 unspecified atom stereocenters. The van der Waals surface area contributed by atoms with Gasteiger partial charge in [-0.15, -0.1) is 4.28 Å². The first-order chi connectivity index (χ1) is 11.5. The molecule has 2 aliphatic heterocycles. The molecule has 11 nitrogen and oxygen atoms in total. The average molecular weight is 386 g/mol. The Morgan fingerprint density at radius 3 is 2.60 bits per heavy atom. The van der Waals surface area contributed by atoms with Crippen LogP contribution in [0.2, 0.25) is 0 Å². The molecule has 2 saturated heterocycles. The molecule has 0 aromatic carbocycles. The molecule has 2 bridgehead atoms. The van der Waals surface area contributed by atoms with Gasteiger partial charge in [0, 0.05) is 12.8 Å². The third-order valence-electron chi connectivity index (χ3n) is 3.70. The monoisotopic (exact) mass is 386 g/mol. The number of hydroxylamine groups is 2. The Kier molecular flexibility index (Phi) is 5.15. The first-order valence-corrected chi connectivity index (χ1v) is 8.56. The van der Waals surface area contributed by atoms with Gasteiger partial charge in [-0.3, -0.25) is 25.0 Å². The molecular weight excluding hydrogens is 370 g/mol. The molecule has 0 aliphatic carbocycles. The Bertz CT molecular complexity index is 686. The molecule has 2 aliphatic rings. The van der Waals surface area contributed by atoms with E-state index in [2.05, 4.69) is 4.28 Å². The Morgan fingerprint density at radius 1 is 1.40 bits per heavy atom. The number of rotatable bonds is 5. The van der Waals surface area contributed by atoms with Gasteiger partial charge in [0.1, 0.15) is 12.1 Å². The summed E-state index contributed by atoms with van der Waals surface area (Å²) >= 11 is 0. The van der Waals surface area contributed by atoms with Crippen LogP contribution in [0.3, 0.4) is 0 Å². The largest absolute Gasteiger partial charge is 0.418 e. The highest BCUT2D eigenvalue weighted by Gasteiger charge is 2.62. The molecule has 2 heterocycles. The SMILES string of the molecule is CCCC(=O)NNC(=O)[C@@H]1CC(F)(F)[C@@H]2CN1C(=O)N2OS(=O)(=O)O. The number of nitrogens with zero attached hydrogens (tertiary/aromatic N) is 2. The minimum absolute atomic E-state index is 0.0990. The maximum Gasteiger partial charge on any atom is 0.418 e. The molecule has 2 fully saturated rings. The van der Waals surface area contributed by atoms with Gasteiger partial charge in [-0.1, -0.05) is 6.92 Å². The van der Waals surface area contributed by atoms with E-state index in [4.69, 9.17) is 4.55 Å². The van der Waals surface area contributed by atoms with Crippen LogP contribution in [0.25, 0.3) is 0 Å². The molecule has 142 valence electrons. The van der Waals surface area contributed by atoms with Gasteiger partial charge in [-0.05, 0) is 6.42 Å². The molecule has 2 atom stereocenters. The van der Waals surface area contributed by atoms with E-state index in [1.54, 1.807) is 6.92 Å². The number of amides is 4. The molecule has 0 radical (unpaired) electrons. The Morgan fingerprint density at radius 2 is 2.04 bits per heavy atom. The van der Waals surface area contributed by atoms with Crippen LogP contribution in [-0.4, -0.2) is 65.3 Å². The van der Waals surface area contributed by atoms with Crippen LogP contribution in [0, 0.1) is 0 Å². The van der Waals surface area contributed by atoms with Crippen LogP contribution in [0.4, 0.5) is 13.6 Å². The lowest BCUT2D eigenvalue weighted by Gasteiger charge is -2.34. The van der Waals surface area contributed by atoms with E-state index in [9.17, 15) is 31.6 Å². The molecule has 4 amide bonds. The van der Waals surface area contributed by atoms with Gasteiger partial charge in [0.05, 0.1) is 6.54 Å². The van der Waals surface area contributed by atoms with Crippen LogP contribution in [0.15, 0.2) is 0 Å². The van der Waals surface area contributed by atoms with Crippen LogP contribution in [-0.2, 0) is 24.3 Å². The van der Waals surface area contributed by atoms with Crippen molar-refractivity contribution in [2.24, 2.45) is 0 Å². The first-order valence-electron chi connectivity index (χ1n) is 7.19. The number of piperidine rings is 1. The maximum atomic E-state index is 14.2. The van der Waals surface area contributed by atoms with Crippen molar-refractivity contribution in [3.05, 3.63) is 0 Å². The summed E-state index contributed by atoms with van der Waals surface area (Å²) in [6.07, 6.45) is -0.510. The van der Waals surface area contributed by atoms with Gasteiger partial charge in [0.25, 0.3) is 11.8 Å². The number of alkyl halides is 2. The molecule has 14 heteroatoms. The normalized spacial score (nSPS) is 25.0. The van der Waals surface area contributed by atoms with Crippen molar-refractivity contribution in [3.8, 4) is 0 Å². The number of hydrogen-bond acceptors (Lipinski definition) is 6. The van der Waals surface area contributed by atoms with Gasteiger partial charge in [-0.2, -0.15) is 13.5 Å². The molecule has 0 aromatic heterocycles. The zero-order valence-electron chi connectivity index (χ0n) is 12.9. The molecule has 0 saturated carbocycles. The summed E-state index contributed by atoms with van der Waals surface area (Å²) in [6, 6.07) is -4.96. The highest BCUT2D eigenvalue weighted by molar-refractivity contribution is 7.80. The van der Waals surface area contributed by atoms with Gasteiger partial charge in [-0.25, -0.2) is 13.6 Å². The summed E-state index contributed by atoms with van der Waals surface area (Å²) < 4.78 is 62.4. The van der Waals surface area contributed by atoms with Gasteiger partial charge < -0.3 is 4.90 Å². The lowest BCUT2D eigenvalue weighted by atomic mass is 9.96. The van der Waals surface area contributed by atoms with E-state index in [1.165, 1.54) is 0 Å². The number of carbonyl (C=O) groups is 3. The van der Waals surface area contributed by atoms with E-state index >= 15 is 0 Å². The Balaban J connectivity index is 2.14. The van der Waals surface area contributed by atoms with Crippen molar-refractivity contribution < 1.29 is 40.4 Å². The predicted octanol–water partition coefficient (Wildman–Crippen LogP) is -0.818. The van der Waals surface area contributed by atoms with Crippen LogP contribution in [0.5, 0.6) is 0 Å². The van der Waals surface area contributed by atoms with Crippen molar-refractivity contribution in [3.63, 3.8) is 0 Å². The predicted molar refractivity (Wildman–Crippen MR) is 74.9 cm³/mol. The number of urea groups is 1. The van der Waals surface area contributed by atoms with E-state index < -0.39 is 59.2 Å². The molecular formula is C11H16F2N4O7S. The van der Waals surface area contributed by atoms with Crippen LogP contribution in [0.1, 0.15) is 26.2 Å². The number of nitrogens with one attached hydrogen (secondary N) is 2. The topological polar surface area (TPSA) is 145 Å². The zero-order valence-corrected chi connectivity index (χ0v) is 13.8. The van der Waals surface area contributed by atoms with E-state index in [1.807, 2.05) is 10.9 Å². The summed E-state index contributed by atoms with van der Waals surface area (Å²) in [7, 11) is -5.21. The van der Waals surface area contributed by atoms with Gasteiger partial charge in [0.15, 0.2) is 0 Å². The highest BCUT2D eigenvalue weighted by Crippen LogP contribution is 2.40. The quantitative estimate of drug-likeness (QED) is 0.413. The standard InChI is InChI=1S/C11H16F2N4O7S/c1-2-3-8(18)14-15-9(19)6-4-11(12,13)7-5-16(6)10(20)17(7)24-25(21,22)23/h6-7H,2-5H2,1H3,(H,14,18)(H,15,19)(H,21,22,23)/t6-,7-/m0/s1. The van der Waals surface area contributed by atoms with Gasteiger partial charge >= 0.3 is 16.4 Å². The third kappa shape index (κ3) is 4.13. The van der Waals surface area contributed by atoms with Crippen molar-refractivity contribution in [1.82, 2.24) is 20.8 Å². The minimum atomic E-state index is -5.21. The van der Waals surface area contributed by atoms with Crippen LogP contribution < -0.4 is 10.9 Å². The highest BCUT2D eigenvalue weighted by atomic mass is 32.3. The number of halogens is 2. The van der Waals surface area contributed by atoms with Crippen molar-refractivity contribution in [1.29, 1.82) is 0 Å². The zero-order chi connectivity index (χ0) is 19.0. The second-order valence-electron chi connectivity index (χ2n) is 5.55. The molecule has 2 rings (SSSR count).